The van der Waals surface area contributed by atoms with Gasteiger partial charge in [0.25, 0.3) is 6.08 Å². The van der Waals surface area contributed by atoms with E-state index >= 15 is 4.39 Å². The largest absolute Gasteiger partial charge is 0.461 e. The number of hydrogen-bond acceptors (Lipinski definition) is 12. The number of hydrogen-bond donors (Lipinski definition) is 1. The normalized spacial score (nSPS) is 23.2. The van der Waals surface area contributed by atoms with Crippen molar-refractivity contribution in [3.63, 3.8) is 0 Å². The SMILES string of the molecule is C=O.COC1COCCN(c2nc(OCC34CCCN3CC(=C(F)F)C4)nc3c(F)c(-c4c(CCCO)c(Cl)cc5c4cnn5C4CCCCO4)ncc23)C1. The molecule has 4 aliphatic rings. The third-order valence-corrected chi connectivity index (χ3v) is 11.5. The summed E-state index contributed by atoms with van der Waals surface area (Å²) in [6, 6.07) is 1.75. The third-order valence-electron chi connectivity index (χ3n) is 11.1. The number of nitrogens with zero attached hydrogens (tertiary/aromatic N) is 7. The van der Waals surface area contributed by atoms with Crippen LogP contribution in [-0.2, 0) is 25.4 Å². The number of benzene rings is 1. The molecule has 4 saturated heterocycles. The number of aliphatic hydroxyl groups excluding tert-OH is 1. The molecule has 1 aromatic carbocycles. The molecule has 0 radical (unpaired) electrons. The number of methoxy groups -OCH3 is 1. The molecule has 3 atom stereocenters. The quantitative estimate of drug-likeness (QED) is 0.205. The third kappa shape index (κ3) is 7.64. The highest BCUT2D eigenvalue weighted by atomic mass is 35.5. The van der Waals surface area contributed by atoms with Gasteiger partial charge >= 0.3 is 6.01 Å². The van der Waals surface area contributed by atoms with E-state index in [2.05, 4.69) is 10.1 Å². The van der Waals surface area contributed by atoms with E-state index in [1.165, 1.54) is 0 Å². The van der Waals surface area contributed by atoms with Crippen LogP contribution in [-0.4, -0.2) is 119 Å². The van der Waals surface area contributed by atoms with Gasteiger partial charge in [0.15, 0.2) is 12.0 Å². The highest BCUT2D eigenvalue weighted by molar-refractivity contribution is 6.33. The summed E-state index contributed by atoms with van der Waals surface area (Å²) in [5, 5.41) is 15.9. The molecule has 7 heterocycles. The van der Waals surface area contributed by atoms with Crippen molar-refractivity contribution < 1.29 is 42.0 Å². The number of halogens is 4. The smallest absolute Gasteiger partial charge is 0.319 e. The standard InChI is InChI=1S/C37H43ClF3N7O5.CH2O/c1-50-23-19-46(10-13-51-20-23)35-26-16-42-33(30-24(6-4-11-49)27(38)14-28-25(30)17-43-48(28)29-7-2-3-12-52-29)31(39)32(26)44-36(45-35)53-21-37-8-5-9-47(37)18-22(15-37)34(40)41;1-2/h14,16-17,23,29,49H,2-13,15,18-21H2,1H3;1H2. The van der Waals surface area contributed by atoms with Gasteiger partial charge in [-0.25, -0.2) is 9.07 Å². The number of aliphatic hydroxyl groups is 1. The summed E-state index contributed by atoms with van der Waals surface area (Å²) in [5.74, 6) is -0.302. The molecule has 4 aliphatic heterocycles. The molecule has 3 aromatic heterocycles. The topological polar surface area (TPSA) is 137 Å². The van der Waals surface area contributed by atoms with Crippen LogP contribution >= 0.6 is 11.6 Å². The molecule has 4 fully saturated rings. The van der Waals surface area contributed by atoms with Crippen molar-refractivity contribution in [1.82, 2.24) is 29.6 Å². The summed E-state index contributed by atoms with van der Waals surface area (Å²) in [5.41, 5.74) is 1.29. The van der Waals surface area contributed by atoms with Crippen molar-refractivity contribution in [3.05, 3.63) is 46.5 Å². The fraction of sp³-hybridized carbons (Fsp3) is 0.553. The molecular weight excluding hydrogens is 743 g/mol. The number of anilines is 1. The minimum absolute atomic E-state index is 0.0130. The van der Waals surface area contributed by atoms with Crippen LogP contribution in [0.15, 0.2) is 30.1 Å². The van der Waals surface area contributed by atoms with Gasteiger partial charge in [0.05, 0.1) is 42.0 Å². The van der Waals surface area contributed by atoms with E-state index < -0.39 is 17.4 Å². The Balaban J connectivity index is 0.00000229. The van der Waals surface area contributed by atoms with Gasteiger partial charge in [-0.3, -0.25) is 9.88 Å². The van der Waals surface area contributed by atoms with Crippen LogP contribution in [0.1, 0.15) is 56.7 Å². The predicted molar refractivity (Wildman–Crippen MR) is 199 cm³/mol. The minimum atomic E-state index is -1.65. The van der Waals surface area contributed by atoms with Crippen LogP contribution in [0, 0.1) is 5.82 Å². The summed E-state index contributed by atoms with van der Waals surface area (Å²) in [4.78, 5) is 26.2. The second-order valence-electron chi connectivity index (χ2n) is 14.4. The summed E-state index contributed by atoms with van der Waals surface area (Å²) < 4.78 is 70.4. The first-order valence-electron chi connectivity index (χ1n) is 18.6. The number of carbonyl (C=O) groups excluding carboxylic acids is 1. The maximum absolute atomic E-state index is 17.4. The van der Waals surface area contributed by atoms with Crippen LogP contribution in [0.5, 0.6) is 6.01 Å². The van der Waals surface area contributed by atoms with Crippen molar-refractivity contribution >= 4 is 46.0 Å². The second kappa shape index (κ2) is 17.1. The number of fused-ring (bicyclic) bond motifs is 3. The lowest BCUT2D eigenvalue weighted by Gasteiger charge is -2.31. The first-order valence-corrected chi connectivity index (χ1v) is 19.0. The van der Waals surface area contributed by atoms with E-state index in [0.29, 0.717) is 97.0 Å². The van der Waals surface area contributed by atoms with Crippen LogP contribution in [0.2, 0.25) is 5.02 Å². The zero-order chi connectivity index (χ0) is 38.7. The summed E-state index contributed by atoms with van der Waals surface area (Å²) in [6.45, 7) is 5.13. The average molecular weight is 788 g/mol. The molecule has 0 spiro atoms. The number of rotatable bonds is 10. The number of carbonyl (C=O) groups is 1. The molecule has 0 aliphatic carbocycles. The van der Waals surface area contributed by atoms with Gasteiger partial charge in [0, 0.05) is 67.7 Å². The van der Waals surface area contributed by atoms with E-state index in [-0.39, 0.29) is 61.3 Å². The Bertz CT molecular complexity index is 2050. The molecule has 13 nitrogen and oxygen atoms in total. The second-order valence-corrected chi connectivity index (χ2v) is 14.8. The first kappa shape index (κ1) is 39.3. The zero-order valence-electron chi connectivity index (χ0n) is 30.7. The maximum Gasteiger partial charge on any atom is 0.319 e. The van der Waals surface area contributed by atoms with Crippen molar-refractivity contribution in [2.24, 2.45) is 0 Å². The molecular formula is C38H45ClF3N7O6. The predicted octanol–water partition coefficient (Wildman–Crippen LogP) is 5.89. The van der Waals surface area contributed by atoms with Crippen molar-refractivity contribution in [3.8, 4) is 17.3 Å². The molecule has 296 valence electrons. The Morgan fingerprint density at radius 3 is 2.76 bits per heavy atom. The lowest BCUT2D eigenvalue weighted by Crippen LogP contribution is -2.43. The van der Waals surface area contributed by atoms with Gasteiger partial charge in [-0.2, -0.15) is 23.8 Å². The summed E-state index contributed by atoms with van der Waals surface area (Å²) >= 11 is 6.96. The lowest BCUT2D eigenvalue weighted by atomic mass is 9.94. The Labute approximate surface area is 321 Å². The highest BCUT2D eigenvalue weighted by Crippen LogP contribution is 2.44. The monoisotopic (exact) mass is 787 g/mol. The summed E-state index contributed by atoms with van der Waals surface area (Å²) in [6.07, 6.45) is 6.31. The maximum atomic E-state index is 17.4. The molecule has 17 heteroatoms. The van der Waals surface area contributed by atoms with Crippen LogP contribution in [0.3, 0.4) is 0 Å². The van der Waals surface area contributed by atoms with E-state index in [9.17, 15) is 13.9 Å². The van der Waals surface area contributed by atoms with E-state index in [0.717, 1.165) is 25.7 Å². The molecule has 1 N–H and O–H groups in total. The van der Waals surface area contributed by atoms with Gasteiger partial charge in [-0.1, -0.05) is 11.6 Å². The number of ether oxygens (including phenoxy) is 4. The minimum Gasteiger partial charge on any atom is -0.461 e. The number of aromatic nitrogens is 5. The van der Waals surface area contributed by atoms with Crippen molar-refractivity contribution in [2.45, 2.75) is 69.2 Å². The van der Waals surface area contributed by atoms with E-state index in [1.807, 2.05) is 22.7 Å². The Hall–Kier alpha value is -3.93. The molecule has 0 amide bonds. The van der Waals surface area contributed by atoms with Crippen LogP contribution < -0.4 is 9.64 Å². The zero-order valence-corrected chi connectivity index (χ0v) is 31.5. The molecule has 8 rings (SSSR count). The van der Waals surface area contributed by atoms with Crippen LogP contribution in [0.25, 0.3) is 33.1 Å². The van der Waals surface area contributed by atoms with Gasteiger partial charge in [0.2, 0.25) is 0 Å². The Morgan fingerprint density at radius 1 is 1.15 bits per heavy atom. The summed E-state index contributed by atoms with van der Waals surface area (Å²) in [7, 11) is 1.61. The van der Waals surface area contributed by atoms with Crippen molar-refractivity contribution in [2.75, 3.05) is 71.2 Å². The average Bonchev–Trinajstić information content (AvgIpc) is 3.85. The van der Waals surface area contributed by atoms with Gasteiger partial charge < -0.3 is 33.7 Å². The molecule has 55 heavy (non-hydrogen) atoms. The molecule has 0 saturated carbocycles. The van der Waals surface area contributed by atoms with Crippen LogP contribution in [0.4, 0.5) is 19.0 Å². The molecule has 0 bridgehead atoms. The van der Waals surface area contributed by atoms with Gasteiger partial charge in [-0.05, 0) is 69.5 Å². The fourth-order valence-corrected chi connectivity index (χ4v) is 8.69. The Kier molecular flexibility index (Phi) is 12.2. The molecule has 4 aromatic rings. The van der Waals surface area contributed by atoms with Crippen molar-refractivity contribution in [1.29, 1.82) is 0 Å². The van der Waals surface area contributed by atoms with Gasteiger partial charge in [0.1, 0.15) is 30.4 Å². The number of pyridine rings is 1. The Morgan fingerprint density at radius 2 is 2.00 bits per heavy atom. The van der Waals surface area contributed by atoms with E-state index in [4.69, 9.17) is 45.3 Å². The van der Waals surface area contributed by atoms with Gasteiger partial charge in [-0.15, -0.1) is 0 Å². The van der Waals surface area contributed by atoms with E-state index in [1.54, 1.807) is 24.2 Å². The fourth-order valence-electron chi connectivity index (χ4n) is 8.39. The highest BCUT2D eigenvalue weighted by Gasteiger charge is 2.48. The lowest BCUT2D eigenvalue weighted by molar-refractivity contribution is -0.0980. The first-order chi connectivity index (χ1) is 26.8. The molecule has 3 unspecified atom stereocenters.